The van der Waals surface area contributed by atoms with E-state index in [1.165, 1.54) is 0 Å². The minimum absolute atomic E-state index is 0.360. The van der Waals surface area contributed by atoms with Gasteiger partial charge in [0.05, 0.1) is 10.0 Å². The molecule has 0 fully saturated rings. The van der Waals surface area contributed by atoms with Crippen LogP contribution in [0.3, 0.4) is 0 Å². The number of halogens is 2. The van der Waals surface area contributed by atoms with E-state index in [1.807, 2.05) is 31.2 Å². The largest absolute Gasteiger partial charge is 0.454 e. The molecule has 0 radical (unpaired) electrons. The van der Waals surface area contributed by atoms with Gasteiger partial charge in [-0.15, -0.1) is 0 Å². The maximum absolute atomic E-state index is 6.13. The van der Waals surface area contributed by atoms with Gasteiger partial charge in [0.25, 0.3) is 0 Å². The molecule has 2 N–H and O–H groups in total. The number of ether oxygens (including phenoxy) is 1. The summed E-state index contributed by atoms with van der Waals surface area (Å²) in [6.07, 6.45) is 0. The zero-order valence-corrected chi connectivity index (χ0v) is 11.4. The van der Waals surface area contributed by atoms with Gasteiger partial charge in [-0.05, 0) is 30.7 Å². The first-order valence-electron chi connectivity index (χ1n) is 5.53. The number of rotatable bonds is 3. The van der Waals surface area contributed by atoms with Crippen molar-refractivity contribution < 1.29 is 4.74 Å². The second-order valence-corrected chi connectivity index (χ2v) is 4.78. The normalized spacial score (nSPS) is 10.4. The summed E-state index contributed by atoms with van der Waals surface area (Å²) in [5.41, 5.74) is 7.58. The van der Waals surface area contributed by atoms with E-state index >= 15 is 0 Å². The van der Waals surface area contributed by atoms with Crippen LogP contribution in [0.25, 0.3) is 0 Å². The molecule has 0 spiro atoms. The fraction of sp³-hybridized carbons (Fsp3) is 0.143. The van der Waals surface area contributed by atoms with Crippen molar-refractivity contribution in [2.45, 2.75) is 13.5 Å². The summed E-state index contributed by atoms with van der Waals surface area (Å²) in [7, 11) is 0. The third-order valence-corrected chi connectivity index (χ3v) is 3.18. The molecule has 2 rings (SSSR count). The first-order chi connectivity index (χ1) is 8.61. The fourth-order valence-corrected chi connectivity index (χ4v) is 2.02. The Morgan fingerprint density at radius 2 is 1.89 bits per heavy atom. The topological polar surface area (TPSA) is 35.2 Å². The van der Waals surface area contributed by atoms with E-state index in [2.05, 4.69) is 0 Å². The zero-order chi connectivity index (χ0) is 13.1. The quantitative estimate of drug-likeness (QED) is 0.896. The van der Waals surface area contributed by atoms with Gasteiger partial charge < -0.3 is 10.5 Å². The van der Waals surface area contributed by atoms with Crippen molar-refractivity contribution in [2.75, 3.05) is 0 Å². The van der Waals surface area contributed by atoms with Gasteiger partial charge in [-0.1, -0.05) is 41.4 Å². The molecule has 0 bridgehead atoms. The molecule has 0 heterocycles. The van der Waals surface area contributed by atoms with Crippen LogP contribution >= 0.6 is 23.2 Å². The highest BCUT2D eigenvalue weighted by Crippen LogP contribution is 2.36. The molecule has 0 aliphatic heterocycles. The first kappa shape index (κ1) is 13.2. The lowest BCUT2D eigenvalue weighted by Gasteiger charge is -2.13. The summed E-state index contributed by atoms with van der Waals surface area (Å²) in [6, 6.07) is 11.1. The van der Waals surface area contributed by atoms with Crippen LogP contribution in [-0.2, 0) is 6.54 Å². The number of aryl methyl sites for hydroxylation is 1. The average molecular weight is 282 g/mol. The molecule has 0 saturated heterocycles. The van der Waals surface area contributed by atoms with Crippen LogP contribution in [0.4, 0.5) is 0 Å². The Hall–Kier alpha value is -1.22. The highest BCUT2D eigenvalue weighted by atomic mass is 35.5. The maximum atomic E-state index is 6.13. The number of nitrogens with two attached hydrogens (primary N) is 1. The number of hydrogen-bond acceptors (Lipinski definition) is 2. The van der Waals surface area contributed by atoms with Crippen molar-refractivity contribution in [1.29, 1.82) is 0 Å². The Kier molecular flexibility index (Phi) is 4.12. The summed E-state index contributed by atoms with van der Waals surface area (Å²) >= 11 is 12.2. The number of benzene rings is 2. The summed E-state index contributed by atoms with van der Waals surface area (Å²) in [4.78, 5) is 0. The van der Waals surface area contributed by atoms with Crippen LogP contribution in [0.15, 0.2) is 36.4 Å². The van der Waals surface area contributed by atoms with Crippen LogP contribution in [0.1, 0.15) is 11.1 Å². The molecular weight excluding hydrogens is 269 g/mol. The second kappa shape index (κ2) is 5.61. The van der Waals surface area contributed by atoms with Gasteiger partial charge in [-0.25, -0.2) is 0 Å². The third kappa shape index (κ3) is 2.78. The molecule has 4 heteroatoms. The molecule has 2 nitrogen and oxygen atoms in total. The molecule has 0 aliphatic rings. The van der Waals surface area contributed by atoms with E-state index in [1.54, 1.807) is 12.1 Å². The predicted octanol–water partition coefficient (Wildman–Crippen LogP) is 4.55. The predicted molar refractivity (Wildman–Crippen MR) is 75.6 cm³/mol. The van der Waals surface area contributed by atoms with Crippen LogP contribution in [0, 0.1) is 6.92 Å². The van der Waals surface area contributed by atoms with Crippen molar-refractivity contribution in [3.05, 3.63) is 57.6 Å². The molecule has 0 saturated carbocycles. The molecule has 0 aromatic heterocycles. The van der Waals surface area contributed by atoms with Gasteiger partial charge in [0.15, 0.2) is 5.75 Å². The number of hydrogen-bond donors (Lipinski definition) is 1. The highest BCUT2D eigenvalue weighted by Gasteiger charge is 2.10. The van der Waals surface area contributed by atoms with Crippen LogP contribution in [-0.4, -0.2) is 0 Å². The Morgan fingerprint density at radius 1 is 1.11 bits per heavy atom. The minimum atomic E-state index is 0.360. The summed E-state index contributed by atoms with van der Waals surface area (Å²) in [5, 5.41) is 1.07. The lowest BCUT2D eigenvalue weighted by molar-refractivity contribution is 0.476. The molecule has 2 aromatic carbocycles. The maximum Gasteiger partial charge on any atom is 0.150 e. The highest BCUT2D eigenvalue weighted by molar-refractivity contribution is 6.33. The van der Waals surface area contributed by atoms with E-state index in [9.17, 15) is 0 Å². The first-order valence-corrected chi connectivity index (χ1v) is 6.29. The molecule has 0 unspecified atom stereocenters. The number of para-hydroxylation sites is 1. The lowest BCUT2D eigenvalue weighted by atomic mass is 10.2. The molecule has 2 aromatic rings. The van der Waals surface area contributed by atoms with Crippen LogP contribution in [0.5, 0.6) is 11.5 Å². The Labute approximate surface area is 116 Å². The van der Waals surface area contributed by atoms with Gasteiger partial charge in [0, 0.05) is 12.1 Å². The smallest absolute Gasteiger partial charge is 0.150 e. The summed E-state index contributed by atoms with van der Waals surface area (Å²) in [6.45, 7) is 2.33. The van der Waals surface area contributed by atoms with E-state index < -0.39 is 0 Å². The standard InChI is InChI=1S/C14H13Cl2NO/c1-9-5-6-11(15)13(7-9)18-14-10(8-17)3-2-4-12(14)16/h2-7H,8,17H2,1H3. The van der Waals surface area contributed by atoms with Gasteiger partial charge >= 0.3 is 0 Å². The average Bonchev–Trinajstić information content (AvgIpc) is 2.36. The molecule has 18 heavy (non-hydrogen) atoms. The minimum Gasteiger partial charge on any atom is -0.454 e. The van der Waals surface area contributed by atoms with Crippen LogP contribution in [0.2, 0.25) is 10.0 Å². The molecule has 0 amide bonds. The van der Waals surface area contributed by atoms with E-state index in [0.29, 0.717) is 28.1 Å². The fourth-order valence-electron chi connectivity index (χ4n) is 1.63. The lowest BCUT2D eigenvalue weighted by Crippen LogP contribution is -2.00. The zero-order valence-electron chi connectivity index (χ0n) is 9.91. The third-order valence-electron chi connectivity index (χ3n) is 2.57. The molecular formula is C14H13Cl2NO. The Morgan fingerprint density at radius 3 is 2.61 bits per heavy atom. The van der Waals surface area contributed by atoms with Gasteiger partial charge in [0.2, 0.25) is 0 Å². The summed E-state index contributed by atoms with van der Waals surface area (Å²) < 4.78 is 5.80. The van der Waals surface area contributed by atoms with Crippen molar-refractivity contribution >= 4 is 23.2 Å². The van der Waals surface area contributed by atoms with E-state index in [0.717, 1.165) is 11.1 Å². The molecule has 0 aliphatic carbocycles. The van der Waals surface area contributed by atoms with Crippen molar-refractivity contribution in [3.8, 4) is 11.5 Å². The van der Waals surface area contributed by atoms with Crippen molar-refractivity contribution in [2.24, 2.45) is 5.73 Å². The van der Waals surface area contributed by atoms with Crippen molar-refractivity contribution in [1.82, 2.24) is 0 Å². The van der Waals surface area contributed by atoms with Gasteiger partial charge in [-0.2, -0.15) is 0 Å². The summed E-state index contributed by atoms with van der Waals surface area (Å²) in [5.74, 6) is 1.15. The second-order valence-electron chi connectivity index (χ2n) is 3.97. The van der Waals surface area contributed by atoms with E-state index in [4.69, 9.17) is 33.7 Å². The monoisotopic (exact) mass is 281 g/mol. The van der Waals surface area contributed by atoms with Crippen molar-refractivity contribution in [3.63, 3.8) is 0 Å². The van der Waals surface area contributed by atoms with Gasteiger partial charge in [-0.3, -0.25) is 0 Å². The van der Waals surface area contributed by atoms with Crippen LogP contribution < -0.4 is 10.5 Å². The van der Waals surface area contributed by atoms with E-state index in [-0.39, 0.29) is 0 Å². The SMILES string of the molecule is Cc1ccc(Cl)c(Oc2c(Cl)cccc2CN)c1. The Bertz CT molecular complexity index is 570. The molecule has 0 atom stereocenters. The molecule has 94 valence electrons. The Balaban J connectivity index is 2.42. The van der Waals surface area contributed by atoms with Gasteiger partial charge in [0.1, 0.15) is 5.75 Å².